The van der Waals surface area contributed by atoms with Crippen molar-refractivity contribution in [3.05, 3.63) is 65.2 Å². The van der Waals surface area contributed by atoms with Crippen LogP contribution in [0.2, 0.25) is 0 Å². The molecule has 0 atom stereocenters. The topological polar surface area (TPSA) is 82.5 Å². The average Bonchev–Trinajstić information content (AvgIpc) is 3.44. The van der Waals surface area contributed by atoms with Crippen LogP contribution in [-0.4, -0.2) is 52.6 Å². The zero-order valence-electron chi connectivity index (χ0n) is 22.9. The molecule has 10 heteroatoms. The van der Waals surface area contributed by atoms with Crippen molar-refractivity contribution in [2.75, 3.05) is 20.7 Å². The highest BCUT2D eigenvalue weighted by Crippen LogP contribution is 2.29. The van der Waals surface area contributed by atoms with Crippen LogP contribution in [0.1, 0.15) is 69.6 Å². The van der Waals surface area contributed by atoms with Gasteiger partial charge in [0.25, 0.3) is 0 Å². The average molecular weight is 543 g/mol. The first kappa shape index (κ1) is 33.4. The number of nitrogens with zero attached hydrogens (tertiary/aromatic N) is 2. The number of amides is 1. The summed E-state index contributed by atoms with van der Waals surface area (Å²) in [4.78, 5) is 17.5. The summed E-state index contributed by atoms with van der Waals surface area (Å²) in [6.45, 7) is 5.38. The first-order valence-corrected chi connectivity index (χ1v) is 12.5. The Morgan fingerprint density at radius 2 is 1.29 bits per heavy atom. The van der Waals surface area contributed by atoms with Crippen LogP contribution in [0.4, 0.5) is 13.2 Å². The molecular formula is C28H41F3N2O5. The van der Waals surface area contributed by atoms with E-state index in [9.17, 15) is 23.2 Å². The molecule has 38 heavy (non-hydrogen) atoms. The van der Waals surface area contributed by atoms with Gasteiger partial charge < -0.3 is 14.8 Å². The van der Waals surface area contributed by atoms with Gasteiger partial charge in [0, 0.05) is 20.1 Å². The number of methoxy groups -OCH3 is 1. The van der Waals surface area contributed by atoms with E-state index in [0.29, 0.717) is 11.3 Å². The molecule has 1 aliphatic carbocycles. The molecule has 1 fully saturated rings. The Kier molecular flexibility index (Phi) is 14.3. The quantitative estimate of drug-likeness (QED) is 0.296. The molecule has 0 unspecified atom stereocenters. The molecular weight excluding hydrogens is 501 g/mol. The highest BCUT2D eigenvalue weighted by molar-refractivity contribution is 5.77. The molecule has 0 aliphatic heterocycles. The van der Waals surface area contributed by atoms with Crippen LogP contribution in [0.5, 0.6) is 5.75 Å². The monoisotopic (exact) mass is 542 g/mol. The van der Waals surface area contributed by atoms with Gasteiger partial charge in [-0.2, -0.15) is 18.2 Å². The maximum atomic E-state index is 12.6. The minimum absolute atomic E-state index is 0.146. The molecule has 1 aliphatic rings. The molecule has 1 saturated carbocycles. The van der Waals surface area contributed by atoms with Crippen LogP contribution in [0.25, 0.3) is 0 Å². The van der Waals surface area contributed by atoms with Crippen LogP contribution >= 0.6 is 0 Å². The third-order valence-electron chi connectivity index (χ3n) is 5.49. The summed E-state index contributed by atoms with van der Waals surface area (Å²) in [5.74, 6) is 0.335. The number of hydroxylamine groups is 2. The number of alkyl halides is 3. The molecule has 0 radical (unpaired) electrons. The Labute approximate surface area is 223 Å². The fourth-order valence-electron chi connectivity index (χ4n) is 3.32. The van der Waals surface area contributed by atoms with Crippen molar-refractivity contribution < 1.29 is 38.1 Å². The van der Waals surface area contributed by atoms with Gasteiger partial charge in [-0.15, -0.1) is 0 Å². The predicted octanol–water partition coefficient (Wildman–Crippen LogP) is 6.79. The van der Waals surface area contributed by atoms with E-state index < -0.39 is 17.3 Å². The molecule has 0 aromatic heterocycles. The van der Waals surface area contributed by atoms with E-state index in [1.807, 2.05) is 0 Å². The maximum absolute atomic E-state index is 12.6. The Hall–Kier alpha value is -2.66. The summed E-state index contributed by atoms with van der Waals surface area (Å²) in [6, 6.07) is 11.7. The lowest BCUT2D eigenvalue weighted by molar-refractivity contribution is -0.306. The van der Waals surface area contributed by atoms with Crippen molar-refractivity contribution in [2.45, 2.75) is 77.7 Å². The molecule has 1 amide bonds. The van der Waals surface area contributed by atoms with Gasteiger partial charge in [0.1, 0.15) is 12.3 Å². The minimum atomic E-state index is -4.39. The highest BCUT2D eigenvalue weighted by Gasteiger charge is 2.30. The molecule has 0 saturated heterocycles. The van der Waals surface area contributed by atoms with Crippen molar-refractivity contribution in [2.24, 2.45) is 0 Å². The molecule has 3 rings (SSSR count). The number of halogens is 3. The van der Waals surface area contributed by atoms with Crippen molar-refractivity contribution >= 4 is 5.91 Å². The molecule has 2 aromatic rings. The standard InChI is InChI=1S/C19H21F3N2O3.C5H10.C4H10O2/c1-23(11-14-3-7-16(8-4-14)19(20,21)22)18(25)13-24(26)12-15-5-9-17(27-2)10-6-15;1-2-4-5-3-1;1-4(2,3)6-5/h3-10,26H,11-13H2,1-2H3;1-5H2;5H,1-3H3. The molecule has 0 spiro atoms. The van der Waals surface area contributed by atoms with Crippen LogP contribution < -0.4 is 4.74 Å². The summed E-state index contributed by atoms with van der Waals surface area (Å²) >= 11 is 0. The lowest BCUT2D eigenvalue weighted by Gasteiger charge is -2.21. The fourth-order valence-corrected chi connectivity index (χ4v) is 3.32. The van der Waals surface area contributed by atoms with Crippen LogP contribution in [0.15, 0.2) is 48.5 Å². The summed E-state index contributed by atoms with van der Waals surface area (Å²) in [5.41, 5.74) is 0.233. The molecule has 214 valence electrons. The molecule has 2 aromatic carbocycles. The van der Waals surface area contributed by atoms with Gasteiger partial charge in [-0.25, -0.2) is 4.89 Å². The summed E-state index contributed by atoms with van der Waals surface area (Å²) in [7, 11) is 3.08. The summed E-state index contributed by atoms with van der Waals surface area (Å²) in [6.07, 6.45) is 3.11. The van der Waals surface area contributed by atoms with Crippen LogP contribution in [0, 0.1) is 0 Å². The maximum Gasteiger partial charge on any atom is 0.416 e. The van der Waals surface area contributed by atoms with Crippen molar-refractivity contribution in [3.8, 4) is 5.75 Å². The largest absolute Gasteiger partial charge is 0.497 e. The first-order chi connectivity index (χ1) is 17.7. The van der Waals surface area contributed by atoms with Crippen LogP contribution in [0.3, 0.4) is 0 Å². The van der Waals surface area contributed by atoms with E-state index in [2.05, 4.69) is 4.89 Å². The number of carbonyl (C=O) groups excluding carboxylic acids is 1. The zero-order chi connectivity index (χ0) is 28.8. The minimum Gasteiger partial charge on any atom is -0.497 e. The second-order valence-electron chi connectivity index (χ2n) is 10.1. The fraction of sp³-hybridized carbons (Fsp3) is 0.536. The van der Waals surface area contributed by atoms with Gasteiger partial charge in [0.2, 0.25) is 5.91 Å². The second-order valence-corrected chi connectivity index (χ2v) is 10.1. The molecule has 0 bridgehead atoms. The summed E-state index contributed by atoms with van der Waals surface area (Å²) in [5, 5.41) is 18.8. The number of hydrogen-bond acceptors (Lipinski definition) is 6. The summed E-state index contributed by atoms with van der Waals surface area (Å²) < 4.78 is 42.8. The first-order valence-electron chi connectivity index (χ1n) is 12.5. The van der Waals surface area contributed by atoms with E-state index >= 15 is 0 Å². The molecule has 7 nitrogen and oxygen atoms in total. The van der Waals surface area contributed by atoms with Crippen molar-refractivity contribution in [3.63, 3.8) is 0 Å². The second kappa shape index (κ2) is 16.3. The van der Waals surface area contributed by atoms with Gasteiger partial charge in [-0.05, 0) is 56.2 Å². The number of ether oxygens (including phenoxy) is 1. The molecule has 2 N–H and O–H groups in total. The van der Waals surface area contributed by atoms with E-state index in [4.69, 9.17) is 9.99 Å². The van der Waals surface area contributed by atoms with Gasteiger partial charge in [0.05, 0.1) is 18.3 Å². The number of benzene rings is 2. The third-order valence-corrected chi connectivity index (χ3v) is 5.49. The van der Waals surface area contributed by atoms with Crippen molar-refractivity contribution in [1.29, 1.82) is 0 Å². The van der Waals surface area contributed by atoms with E-state index in [1.54, 1.807) is 52.1 Å². The number of rotatable bonds is 7. The van der Waals surface area contributed by atoms with E-state index in [0.717, 1.165) is 22.8 Å². The SMILES string of the molecule is C1CCCC1.CC(C)(C)OO.COc1ccc(CN(O)CC(=O)N(C)Cc2ccc(C(F)(F)F)cc2)cc1. The Morgan fingerprint density at radius 3 is 1.68 bits per heavy atom. The van der Waals surface area contributed by atoms with Gasteiger partial charge in [0.15, 0.2) is 0 Å². The van der Waals surface area contributed by atoms with E-state index in [1.165, 1.54) is 56.2 Å². The Bertz CT molecular complexity index is 918. The lowest BCUT2D eigenvalue weighted by atomic mass is 10.1. The van der Waals surface area contributed by atoms with Crippen molar-refractivity contribution in [1.82, 2.24) is 9.96 Å². The number of carbonyl (C=O) groups is 1. The van der Waals surface area contributed by atoms with Gasteiger partial charge in [-0.3, -0.25) is 10.1 Å². The third kappa shape index (κ3) is 14.3. The van der Waals surface area contributed by atoms with E-state index in [-0.39, 0.29) is 25.5 Å². The van der Waals surface area contributed by atoms with Gasteiger partial charge >= 0.3 is 6.18 Å². The van der Waals surface area contributed by atoms with Crippen LogP contribution in [-0.2, 0) is 28.9 Å². The lowest BCUT2D eigenvalue weighted by Crippen LogP contribution is -2.36. The smallest absolute Gasteiger partial charge is 0.416 e. The predicted molar refractivity (Wildman–Crippen MR) is 140 cm³/mol. The van der Waals surface area contributed by atoms with Gasteiger partial charge in [-0.1, -0.05) is 56.4 Å². The Balaban J connectivity index is 0.000000542. The highest BCUT2D eigenvalue weighted by atomic mass is 19.4. The normalized spacial score (nSPS) is 13.2. The number of likely N-dealkylation sites (N-methyl/N-ethyl adjacent to an activating group) is 1. The zero-order valence-corrected chi connectivity index (χ0v) is 22.9. The molecule has 0 heterocycles. The number of hydrogen-bond donors (Lipinski definition) is 2. The Morgan fingerprint density at radius 1 is 0.868 bits per heavy atom.